The van der Waals surface area contributed by atoms with Gasteiger partial charge < -0.3 is 24.4 Å². The molecular formula is C39H51F3N4O6. The van der Waals surface area contributed by atoms with Gasteiger partial charge in [-0.25, -0.2) is 4.79 Å². The summed E-state index contributed by atoms with van der Waals surface area (Å²) >= 11 is 0. The fourth-order valence-corrected chi connectivity index (χ4v) is 9.86. The molecule has 1 saturated carbocycles. The Balaban J connectivity index is 1.00. The molecule has 0 radical (unpaired) electrons. The monoisotopic (exact) mass is 728 g/mol. The minimum atomic E-state index is -4.78. The molecule has 1 aromatic rings. The third-order valence-corrected chi connectivity index (χ3v) is 12.7. The Bertz CT molecular complexity index is 1600. The van der Waals surface area contributed by atoms with Crippen LogP contribution in [0, 0.1) is 17.3 Å². The van der Waals surface area contributed by atoms with Crippen LogP contribution in [0.4, 0.5) is 23.7 Å². The van der Waals surface area contributed by atoms with Crippen LogP contribution in [-0.4, -0.2) is 102 Å². The van der Waals surface area contributed by atoms with Crippen LogP contribution < -0.4 is 5.32 Å². The van der Waals surface area contributed by atoms with Crippen LogP contribution in [0.25, 0.3) is 0 Å². The summed E-state index contributed by atoms with van der Waals surface area (Å²) in [6.45, 7) is 8.74. The van der Waals surface area contributed by atoms with E-state index in [-0.39, 0.29) is 36.7 Å². The SMILES string of the molecule is CC1=C(O)C(C(F)(F)F)=CC(C)(C[C@@H](OC(=O)CCC2CCC3(CC2)OC(=O)Nc2ccccc23)C(=O)N2CCN(C3CN4CCC3CC4)CC2)C1. The van der Waals surface area contributed by atoms with Crippen LogP contribution in [0.15, 0.2) is 47.2 Å². The van der Waals surface area contributed by atoms with Gasteiger partial charge in [0.2, 0.25) is 0 Å². The molecule has 2 unspecified atom stereocenters. The van der Waals surface area contributed by atoms with Crippen molar-refractivity contribution < 1.29 is 42.1 Å². The molecule has 2 amide bonds. The van der Waals surface area contributed by atoms with E-state index in [4.69, 9.17) is 9.47 Å². The number of hydrogen-bond donors (Lipinski definition) is 2. The Morgan fingerprint density at radius 1 is 1.06 bits per heavy atom. The minimum Gasteiger partial charge on any atom is -0.507 e. The second-order valence-corrected chi connectivity index (χ2v) is 16.3. The molecule has 1 spiro atoms. The smallest absolute Gasteiger partial charge is 0.419 e. The molecule has 0 aromatic heterocycles. The minimum absolute atomic E-state index is 0.0623. The lowest BCUT2D eigenvalue weighted by Crippen LogP contribution is -2.62. The van der Waals surface area contributed by atoms with Crippen molar-refractivity contribution in [1.82, 2.24) is 14.7 Å². The zero-order valence-corrected chi connectivity index (χ0v) is 30.2. The van der Waals surface area contributed by atoms with Gasteiger partial charge in [-0.1, -0.05) is 31.2 Å². The second kappa shape index (κ2) is 14.3. The average Bonchev–Trinajstić information content (AvgIpc) is 3.12. The van der Waals surface area contributed by atoms with Crippen molar-refractivity contribution in [2.24, 2.45) is 17.3 Å². The quantitative estimate of drug-likeness (QED) is 0.285. The summed E-state index contributed by atoms with van der Waals surface area (Å²) in [5, 5.41) is 13.1. The van der Waals surface area contributed by atoms with E-state index in [1.807, 2.05) is 24.3 Å². The Morgan fingerprint density at radius 3 is 2.40 bits per heavy atom. The maximum absolute atomic E-state index is 14.2. The van der Waals surface area contributed by atoms with Gasteiger partial charge in [-0.05, 0) is 100 Å². The lowest BCUT2D eigenvalue weighted by atomic mass is 9.73. The molecule has 2 bridgehead atoms. The number of piperidine rings is 3. The van der Waals surface area contributed by atoms with E-state index in [0.717, 1.165) is 49.8 Å². The topological polar surface area (TPSA) is 112 Å². The number of nitrogens with zero attached hydrogens (tertiary/aromatic N) is 3. The third kappa shape index (κ3) is 7.58. The van der Waals surface area contributed by atoms with Crippen LogP contribution in [-0.2, 0) is 24.7 Å². The molecule has 7 aliphatic rings. The van der Waals surface area contributed by atoms with Crippen LogP contribution in [0.3, 0.4) is 0 Å². The van der Waals surface area contributed by atoms with Crippen molar-refractivity contribution in [2.75, 3.05) is 51.1 Å². The summed E-state index contributed by atoms with van der Waals surface area (Å²) in [4.78, 5) is 46.7. The Kier molecular flexibility index (Phi) is 10.1. The maximum atomic E-state index is 14.2. The van der Waals surface area contributed by atoms with E-state index in [1.165, 1.54) is 19.8 Å². The predicted molar refractivity (Wildman–Crippen MR) is 187 cm³/mol. The van der Waals surface area contributed by atoms with Gasteiger partial charge in [0.25, 0.3) is 5.91 Å². The summed E-state index contributed by atoms with van der Waals surface area (Å²) < 4.78 is 53.7. The van der Waals surface area contributed by atoms with E-state index in [2.05, 4.69) is 15.1 Å². The van der Waals surface area contributed by atoms with Gasteiger partial charge in [-0.3, -0.25) is 19.8 Å². The van der Waals surface area contributed by atoms with E-state index in [9.17, 15) is 32.7 Å². The second-order valence-electron chi connectivity index (χ2n) is 16.3. The Labute approximate surface area is 303 Å². The number of esters is 1. The van der Waals surface area contributed by atoms with E-state index in [1.54, 1.807) is 11.8 Å². The Hall–Kier alpha value is -3.58. The molecule has 13 heteroatoms. The lowest BCUT2D eigenvalue weighted by molar-refractivity contribution is -0.163. The first-order valence-electron chi connectivity index (χ1n) is 19.0. The summed E-state index contributed by atoms with van der Waals surface area (Å²) in [6.07, 6.45) is 0.133. The molecule has 284 valence electrons. The van der Waals surface area contributed by atoms with Crippen LogP contribution >= 0.6 is 0 Å². The number of carbonyl (C=O) groups is 3. The number of amides is 2. The number of alkyl halides is 3. The number of benzene rings is 1. The summed E-state index contributed by atoms with van der Waals surface area (Å²) in [7, 11) is 0. The summed E-state index contributed by atoms with van der Waals surface area (Å²) in [6, 6.07) is 8.10. The first-order chi connectivity index (χ1) is 24.7. The molecule has 1 aromatic carbocycles. The fraction of sp³-hybridized carbons (Fsp3) is 0.667. The number of allylic oxidation sites excluding steroid dienone is 3. The normalized spacial score (nSPS) is 32.8. The molecule has 4 saturated heterocycles. The van der Waals surface area contributed by atoms with Crippen LogP contribution in [0.2, 0.25) is 0 Å². The number of piperazine rings is 1. The van der Waals surface area contributed by atoms with E-state index in [0.29, 0.717) is 57.4 Å². The van der Waals surface area contributed by atoms with Gasteiger partial charge in [-0.2, -0.15) is 13.2 Å². The largest absolute Gasteiger partial charge is 0.507 e. The van der Waals surface area contributed by atoms with Crippen molar-refractivity contribution in [2.45, 2.75) is 102 Å². The molecule has 5 aliphatic heterocycles. The van der Waals surface area contributed by atoms with Gasteiger partial charge in [0.15, 0.2) is 6.10 Å². The number of halogens is 3. The van der Waals surface area contributed by atoms with Crippen molar-refractivity contribution in [3.63, 3.8) is 0 Å². The van der Waals surface area contributed by atoms with Crippen molar-refractivity contribution in [1.29, 1.82) is 0 Å². The van der Waals surface area contributed by atoms with Gasteiger partial charge >= 0.3 is 18.2 Å². The highest BCUT2D eigenvalue weighted by Gasteiger charge is 2.47. The van der Waals surface area contributed by atoms with Crippen LogP contribution in [0.1, 0.15) is 83.6 Å². The first kappa shape index (κ1) is 36.8. The number of nitrogens with one attached hydrogen (secondary N) is 1. The number of anilines is 1. The van der Waals surface area contributed by atoms with Gasteiger partial charge in [0.05, 0.1) is 11.3 Å². The number of para-hydroxylation sites is 1. The molecule has 8 rings (SSSR count). The highest BCUT2D eigenvalue weighted by atomic mass is 19.4. The third-order valence-electron chi connectivity index (χ3n) is 12.7. The van der Waals surface area contributed by atoms with Crippen molar-refractivity contribution in [3.05, 3.63) is 52.8 Å². The molecule has 2 N–H and O–H groups in total. The van der Waals surface area contributed by atoms with Gasteiger partial charge in [-0.15, -0.1) is 0 Å². The molecular weight excluding hydrogens is 677 g/mol. The number of carbonyl (C=O) groups excluding carboxylic acids is 3. The molecule has 5 heterocycles. The zero-order valence-electron chi connectivity index (χ0n) is 30.2. The van der Waals surface area contributed by atoms with Gasteiger partial charge in [0, 0.05) is 57.2 Å². The molecule has 10 nitrogen and oxygen atoms in total. The van der Waals surface area contributed by atoms with Crippen molar-refractivity contribution >= 4 is 23.7 Å². The molecule has 52 heavy (non-hydrogen) atoms. The molecule has 3 atom stereocenters. The highest BCUT2D eigenvalue weighted by molar-refractivity contribution is 5.89. The molecule has 2 aliphatic carbocycles. The first-order valence-corrected chi connectivity index (χ1v) is 19.0. The number of aliphatic hydroxyl groups excluding tert-OH is 1. The van der Waals surface area contributed by atoms with E-state index >= 15 is 0 Å². The predicted octanol–water partition coefficient (Wildman–Crippen LogP) is 6.69. The lowest BCUT2D eigenvalue weighted by Gasteiger charge is -2.51. The van der Waals surface area contributed by atoms with Crippen LogP contribution in [0.5, 0.6) is 0 Å². The zero-order chi connectivity index (χ0) is 36.8. The number of fused-ring (bicyclic) bond motifs is 5. The number of ether oxygens (including phenoxy) is 2. The highest BCUT2D eigenvalue weighted by Crippen LogP contribution is 2.49. The standard InChI is InChI=1S/C39H51F3N4O6/c1-25-21-37(2,22-29(34(25)48)39(40,41)42)23-32(35(49)46-19-17-45(18-20-46)31-24-44-15-11-27(31)12-16-44)51-33(47)8-7-26-9-13-38(14-10-26)28-5-3-4-6-30(28)43-36(50)52-38/h3-6,22,26-27,31-32,48H,7-21,23-24H2,1-2H3,(H,43,50)/t26?,31?,32-,37?,38?/m1/s1. The van der Waals surface area contributed by atoms with Crippen molar-refractivity contribution in [3.8, 4) is 0 Å². The summed E-state index contributed by atoms with van der Waals surface area (Å²) in [5.41, 5.74) is -1.13. The average molecular weight is 729 g/mol. The van der Waals surface area contributed by atoms with Gasteiger partial charge in [0.1, 0.15) is 11.4 Å². The molecule has 5 fully saturated rings. The fourth-order valence-electron chi connectivity index (χ4n) is 9.86. The Morgan fingerprint density at radius 2 is 1.75 bits per heavy atom. The number of rotatable bonds is 8. The number of hydrogen-bond acceptors (Lipinski definition) is 8. The van der Waals surface area contributed by atoms with E-state index < -0.39 is 46.7 Å². The number of aliphatic hydroxyl groups is 1. The summed E-state index contributed by atoms with van der Waals surface area (Å²) in [5.74, 6) is -0.887. The maximum Gasteiger partial charge on any atom is 0.419 e.